The lowest BCUT2D eigenvalue weighted by molar-refractivity contribution is -0.147. The lowest BCUT2D eigenvalue weighted by atomic mass is 9.82. The molecule has 1 fully saturated rings. The smallest absolute Gasteiger partial charge is 0.310 e. The van der Waals surface area contributed by atoms with Crippen molar-refractivity contribution in [3.05, 3.63) is 35.9 Å². The van der Waals surface area contributed by atoms with Gasteiger partial charge in [0.05, 0.1) is 13.0 Å². The molecule has 3 heteroatoms. The van der Waals surface area contributed by atoms with Crippen molar-refractivity contribution in [3.8, 4) is 0 Å². The molecular weight excluding hydrogens is 226 g/mol. The van der Waals surface area contributed by atoms with Crippen molar-refractivity contribution >= 4 is 5.97 Å². The van der Waals surface area contributed by atoms with Crippen LogP contribution in [-0.4, -0.2) is 31.1 Å². The van der Waals surface area contributed by atoms with Gasteiger partial charge in [0, 0.05) is 19.6 Å². The van der Waals surface area contributed by atoms with Crippen LogP contribution < -0.4 is 0 Å². The third-order valence-corrected chi connectivity index (χ3v) is 3.75. The second-order valence-corrected chi connectivity index (χ2v) is 5.72. The number of likely N-dealkylation sites (tertiary alicyclic amines) is 1. The molecule has 0 spiro atoms. The van der Waals surface area contributed by atoms with E-state index in [1.54, 1.807) is 0 Å². The summed E-state index contributed by atoms with van der Waals surface area (Å²) in [6.45, 7) is 6.90. The number of benzene rings is 1. The topological polar surface area (TPSA) is 29.5 Å². The van der Waals surface area contributed by atoms with Gasteiger partial charge in [-0.3, -0.25) is 9.69 Å². The molecule has 0 radical (unpaired) electrons. The molecular formula is C15H21NO2. The van der Waals surface area contributed by atoms with E-state index in [0.717, 1.165) is 19.6 Å². The van der Waals surface area contributed by atoms with E-state index in [2.05, 4.69) is 30.9 Å². The largest absolute Gasteiger partial charge is 0.469 e. The molecule has 1 atom stereocenters. The lowest BCUT2D eigenvalue weighted by Crippen LogP contribution is -2.30. The van der Waals surface area contributed by atoms with Crippen LogP contribution in [-0.2, 0) is 16.1 Å². The van der Waals surface area contributed by atoms with Crippen LogP contribution >= 0.6 is 0 Å². The second-order valence-electron chi connectivity index (χ2n) is 5.72. The molecule has 1 aliphatic heterocycles. The summed E-state index contributed by atoms with van der Waals surface area (Å²) in [7, 11) is 1.47. The fourth-order valence-corrected chi connectivity index (χ4v) is 2.75. The molecule has 1 aliphatic rings. The molecule has 18 heavy (non-hydrogen) atoms. The Morgan fingerprint density at radius 1 is 1.39 bits per heavy atom. The number of ether oxygens (including phenoxy) is 1. The van der Waals surface area contributed by atoms with Crippen LogP contribution in [0.25, 0.3) is 0 Å². The van der Waals surface area contributed by atoms with E-state index < -0.39 is 0 Å². The first-order valence-corrected chi connectivity index (χ1v) is 6.37. The zero-order chi connectivity index (χ0) is 13.2. The molecule has 0 aromatic heterocycles. The molecule has 0 aliphatic carbocycles. The van der Waals surface area contributed by atoms with Crippen LogP contribution in [0.2, 0.25) is 0 Å². The van der Waals surface area contributed by atoms with E-state index in [4.69, 9.17) is 4.74 Å². The van der Waals surface area contributed by atoms with Gasteiger partial charge in [0.15, 0.2) is 0 Å². The number of nitrogens with zero attached hydrogens (tertiary/aromatic N) is 1. The van der Waals surface area contributed by atoms with Crippen LogP contribution in [0.5, 0.6) is 0 Å². The third-order valence-electron chi connectivity index (χ3n) is 3.75. The number of methoxy groups -OCH3 is 1. The van der Waals surface area contributed by atoms with Crippen LogP contribution in [0.1, 0.15) is 19.4 Å². The summed E-state index contributed by atoms with van der Waals surface area (Å²) in [5.74, 6) is -0.109. The zero-order valence-electron chi connectivity index (χ0n) is 11.3. The van der Waals surface area contributed by atoms with E-state index in [1.807, 2.05) is 18.2 Å². The van der Waals surface area contributed by atoms with Crippen molar-refractivity contribution in [1.29, 1.82) is 0 Å². The normalized spacial score (nSPS) is 22.9. The van der Waals surface area contributed by atoms with Gasteiger partial charge < -0.3 is 4.74 Å². The number of hydrogen-bond donors (Lipinski definition) is 0. The maximum absolute atomic E-state index is 11.8. The van der Waals surface area contributed by atoms with E-state index in [1.165, 1.54) is 12.7 Å². The Morgan fingerprint density at radius 3 is 2.67 bits per heavy atom. The standard InChI is InChI=1S/C15H21NO2/c1-15(2)11-16(10-13(15)14(17)18-3)9-12-7-5-4-6-8-12/h4-8,13H,9-11H2,1-3H3/t13-/m1/s1. The summed E-state index contributed by atoms with van der Waals surface area (Å²) in [6, 6.07) is 10.4. The minimum Gasteiger partial charge on any atom is -0.469 e. The summed E-state index contributed by atoms with van der Waals surface area (Å²) in [6.07, 6.45) is 0. The Labute approximate surface area is 109 Å². The van der Waals surface area contributed by atoms with Gasteiger partial charge in [0.1, 0.15) is 0 Å². The third kappa shape index (κ3) is 2.72. The van der Waals surface area contributed by atoms with Crippen molar-refractivity contribution in [2.24, 2.45) is 11.3 Å². The van der Waals surface area contributed by atoms with Gasteiger partial charge in [-0.15, -0.1) is 0 Å². The van der Waals surface area contributed by atoms with Crippen molar-refractivity contribution < 1.29 is 9.53 Å². The van der Waals surface area contributed by atoms with Gasteiger partial charge in [0.25, 0.3) is 0 Å². The average molecular weight is 247 g/mol. The molecule has 1 aromatic carbocycles. The SMILES string of the molecule is COC(=O)[C@H]1CN(Cc2ccccc2)CC1(C)C. The second kappa shape index (κ2) is 5.11. The molecule has 2 rings (SSSR count). The molecule has 1 saturated heterocycles. The molecule has 98 valence electrons. The molecule has 0 bridgehead atoms. The fraction of sp³-hybridized carbons (Fsp3) is 0.533. The molecule has 1 heterocycles. The summed E-state index contributed by atoms with van der Waals surface area (Å²) in [4.78, 5) is 14.1. The Morgan fingerprint density at radius 2 is 2.06 bits per heavy atom. The van der Waals surface area contributed by atoms with Gasteiger partial charge in [-0.05, 0) is 11.0 Å². The molecule has 0 amide bonds. The summed E-state index contributed by atoms with van der Waals surface area (Å²) < 4.78 is 4.90. The first kappa shape index (κ1) is 13.1. The van der Waals surface area contributed by atoms with Crippen LogP contribution in [0.15, 0.2) is 30.3 Å². The number of carbonyl (C=O) groups is 1. The monoisotopic (exact) mass is 247 g/mol. The summed E-state index contributed by atoms with van der Waals surface area (Å²) in [5.41, 5.74) is 1.28. The molecule has 3 nitrogen and oxygen atoms in total. The summed E-state index contributed by atoms with van der Waals surface area (Å²) in [5, 5.41) is 0. The van der Waals surface area contributed by atoms with Crippen LogP contribution in [0.3, 0.4) is 0 Å². The molecule has 0 saturated carbocycles. The lowest BCUT2D eigenvalue weighted by Gasteiger charge is -2.23. The molecule has 0 unspecified atom stereocenters. The first-order valence-electron chi connectivity index (χ1n) is 6.37. The van der Waals surface area contributed by atoms with Crippen LogP contribution in [0.4, 0.5) is 0 Å². The van der Waals surface area contributed by atoms with Crippen molar-refractivity contribution in [2.75, 3.05) is 20.2 Å². The number of carbonyl (C=O) groups excluding carboxylic acids is 1. The highest BCUT2D eigenvalue weighted by Gasteiger charge is 2.44. The summed E-state index contributed by atoms with van der Waals surface area (Å²) >= 11 is 0. The Bertz CT molecular complexity index is 414. The van der Waals surface area contributed by atoms with E-state index in [0.29, 0.717) is 0 Å². The van der Waals surface area contributed by atoms with Gasteiger partial charge in [-0.1, -0.05) is 44.2 Å². The van der Waals surface area contributed by atoms with Crippen LogP contribution in [0, 0.1) is 11.3 Å². The van der Waals surface area contributed by atoms with Gasteiger partial charge in [-0.2, -0.15) is 0 Å². The Balaban J connectivity index is 2.04. The van der Waals surface area contributed by atoms with Crippen molar-refractivity contribution in [3.63, 3.8) is 0 Å². The Kier molecular flexibility index (Phi) is 3.71. The zero-order valence-corrected chi connectivity index (χ0v) is 11.3. The van der Waals surface area contributed by atoms with Crippen molar-refractivity contribution in [1.82, 2.24) is 4.90 Å². The van der Waals surface area contributed by atoms with E-state index in [9.17, 15) is 4.79 Å². The maximum atomic E-state index is 11.8. The quantitative estimate of drug-likeness (QED) is 0.768. The maximum Gasteiger partial charge on any atom is 0.310 e. The highest BCUT2D eigenvalue weighted by atomic mass is 16.5. The highest BCUT2D eigenvalue weighted by molar-refractivity contribution is 5.74. The number of hydrogen-bond acceptors (Lipinski definition) is 3. The minimum atomic E-state index is -0.0874. The van der Waals surface area contributed by atoms with E-state index >= 15 is 0 Å². The van der Waals surface area contributed by atoms with Crippen molar-refractivity contribution in [2.45, 2.75) is 20.4 Å². The van der Waals surface area contributed by atoms with Gasteiger partial charge in [-0.25, -0.2) is 0 Å². The van der Waals surface area contributed by atoms with Gasteiger partial charge >= 0.3 is 5.97 Å². The van der Waals surface area contributed by atoms with E-state index in [-0.39, 0.29) is 17.3 Å². The van der Waals surface area contributed by atoms with Gasteiger partial charge in [0.2, 0.25) is 0 Å². The first-order chi connectivity index (χ1) is 8.53. The minimum absolute atomic E-state index is 0.0120. The highest BCUT2D eigenvalue weighted by Crippen LogP contribution is 2.36. The molecule has 0 N–H and O–H groups in total. The predicted octanol–water partition coefficient (Wildman–Crippen LogP) is 2.32. The number of esters is 1. The number of rotatable bonds is 3. The average Bonchev–Trinajstić information content (AvgIpc) is 2.64. The predicted molar refractivity (Wildman–Crippen MR) is 71.0 cm³/mol. The molecule has 1 aromatic rings. The fourth-order valence-electron chi connectivity index (χ4n) is 2.75. The Hall–Kier alpha value is -1.35.